The zero-order valence-corrected chi connectivity index (χ0v) is 27.9. The van der Waals surface area contributed by atoms with Gasteiger partial charge in [0, 0.05) is 54.4 Å². The Labute approximate surface area is 283 Å². The van der Waals surface area contributed by atoms with Gasteiger partial charge in [-0.3, -0.25) is 14.3 Å². The van der Waals surface area contributed by atoms with E-state index in [-0.39, 0.29) is 18.7 Å². The van der Waals surface area contributed by atoms with Gasteiger partial charge in [0.15, 0.2) is 11.6 Å². The van der Waals surface area contributed by atoms with E-state index in [4.69, 9.17) is 0 Å². The number of amides is 1. The van der Waals surface area contributed by atoms with Crippen LogP contribution in [0.3, 0.4) is 0 Å². The van der Waals surface area contributed by atoms with Crippen molar-refractivity contribution in [2.24, 2.45) is 7.05 Å². The number of benzene rings is 3. The maximum Gasteiger partial charge on any atom is 0.280 e. The third-order valence-corrected chi connectivity index (χ3v) is 9.12. The smallest absolute Gasteiger partial charge is 0.280 e. The number of hydrogen-bond donors (Lipinski definition) is 2. The predicted molar refractivity (Wildman–Crippen MR) is 187 cm³/mol. The summed E-state index contributed by atoms with van der Waals surface area (Å²) in [5.74, 6) is 3.91. The number of nitrogens with one attached hydrogen (secondary N) is 2. The summed E-state index contributed by atoms with van der Waals surface area (Å²) in [6.45, 7) is 3.88. The molecule has 3 aromatic carbocycles. The average Bonchev–Trinajstić information content (AvgIpc) is 3.31. The molecule has 3 heterocycles. The molecular formula is C37H38F2N8O2. The molecular weight excluding hydrogens is 626 g/mol. The summed E-state index contributed by atoms with van der Waals surface area (Å²) in [6.07, 6.45) is 4.06. The second-order valence-electron chi connectivity index (χ2n) is 12.4. The summed E-state index contributed by atoms with van der Waals surface area (Å²) in [5, 5.41) is 6.79. The summed E-state index contributed by atoms with van der Waals surface area (Å²) < 4.78 is 29.8. The largest absolute Gasteiger partial charge is 0.372 e. The van der Waals surface area contributed by atoms with Crippen LogP contribution in [-0.2, 0) is 13.6 Å². The van der Waals surface area contributed by atoms with Gasteiger partial charge in [-0.2, -0.15) is 0 Å². The minimum absolute atomic E-state index is 0.0136. The Morgan fingerprint density at radius 3 is 2.51 bits per heavy atom. The van der Waals surface area contributed by atoms with E-state index in [9.17, 15) is 18.4 Å². The van der Waals surface area contributed by atoms with Gasteiger partial charge in [-0.25, -0.2) is 23.4 Å². The first-order valence-electron chi connectivity index (χ1n) is 16.1. The number of likely N-dealkylation sites (tertiary alicyclic amines) is 1. The maximum absolute atomic E-state index is 13.7. The van der Waals surface area contributed by atoms with Crippen molar-refractivity contribution in [1.82, 2.24) is 29.5 Å². The number of rotatable bonds is 8. The van der Waals surface area contributed by atoms with Crippen LogP contribution in [0.5, 0.6) is 0 Å². The van der Waals surface area contributed by atoms with Crippen LogP contribution in [-0.4, -0.2) is 69.9 Å². The Morgan fingerprint density at radius 2 is 1.78 bits per heavy atom. The molecule has 252 valence electrons. The molecule has 1 amide bonds. The number of carbonyl (C=O) groups excluding carboxylic acids is 1. The summed E-state index contributed by atoms with van der Waals surface area (Å²) in [4.78, 5) is 39.9. The van der Waals surface area contributed by atoms with Crippen molar-refractivity contribution in [2.75, 3.05) is 43.9 Å². The molecule has 1 saturated heterocycles. The van der Waals surface area contributed by atoms with E-state index in [0.29, 0.717) is 23.2 Å². The summed E-state index contributed by atoms with van der Waals surface area (Å²) >= 11 is 0. The lowest BCUT2D eigenvalue weighted by molar-refractivity contribution is 0.0956. The van der Waals surface area contributed by atoms with Crippen molar-refractivity contribution < 1.29 is 13.6 Å². The highest BCUT2D eigenvalue weighted by Gasteiger charge is 2.22. The fraction of sp³-hybridized carbons (Fsp3) is 0.297. The number of carbonyl (C=O) groups is 1. The summed E-state index contributed by atoms with van der Waals surface area (Å²) in [5.41, 5.74) is 3.83. The molecule has 49 heavy (non-hydrogen) atoms. The molecule has 0 radical (unpaired) electrons. The molecule has 0 bridgehead atoms. The van der Waals surface area contributed by atoms with Crippen molar-refractivity contribution in [2.45, 2.75) is 32.4 Å². The van der Waals surface area contributed by atoms with Gasteiger partial charge in [0.05, 0.1) is 18.6 Å². The Morgan fingerprint density at radius 1 is 1.02 bits per heavy atom. The molecule has 0 spiro atoms. The van der Waals surface area contributed by atoms with Crippen molar-refractivity contribution in [3.05, 3.63) is 111 Å². The molecule has 12 heteroatoms. The van der Waals surface area contributed by atoms with Crippen LogP contribution in [0.4, 0.5) is 26.1 Å². The minimum atomic E-state index is -1.00. The fourth-order valence-electron chi connectivity index (χ4n) is 6.05. The highest BCUT2D eigenvalue weighted by Crippen LogP contribution is 2.25. The molecule has 10 nitrogen and oxygen atoms in total. The first kappa shape index (κ1) is 33.4. The number of anilines is 3. The number of halogens is 2. The van der Waals surface area contributed by atoms with E-state index >= 15 is 0 Å². The molecule has 1 aliphatic rings. The molecule has 2 N–H and O–H groups in total. The molecule has 1 fully saturated rings. The average molecular weight is 665 g/mol. The van der Waals surface area contributed by atoms with Crippen LogP contribution in [0.1, 0.15) is 40.0 Å². The first-order chi connectivity index (χ1) is 23.6. The van der Waals surface area contributed by atoms with E-state index in [1.165, 1.54) is 21.1 Å². The van der Waals surface area contributed by atoms with E-state index in [1.807, 2.05) is 30.3 Å². The molecule has 0 atom stereocenters. The van der Waals surface area contributed by atoms with E-state index in [0.717, 1.165) is 60.2 Å². The van der Waals surface area contributed by atoms with Gasteiger partial charge in [0.2, 0.25) is 5.95 Å². The number of nitrogens with zero attached hydrogens (tertiary/aromatic N) is 6. The third-order valence-electron chi connectivity index (χ3n) is 9.12. The monoisotopic (exact) mass is 664 g/mol. The summed E-state index contributed by atoms with van der Waals surface area (Å²) in [6, 6.07) is 17.9. The van der Waals surface area contributed by atoms with Gasteiger partial charge in [-0.15, -0.1) is 0 Å². The van der Waals surface area contributed by atoms with E-state index in [2.05, 4.69) is 68.5 Å². The highest BCUT2D eigenvalue weighted by atomic mass is 19.2. The zero-order chi connectivity index (χ0) is 34.7. The van der Waals surface area contributed by atoms with Crippen molar-refractivity contribution in [3.8, 4) is 11.8 Å². The molecule has 1 aliphatic heterocycles. The SMILES string of the molecule is Cc1c(C(=O)NCC#Cc2ccc3nc(Nc4ccc(N(C)C5CCN(C)CC5)cc4)ncc3c2)c(=O)n(Cc2ccc(F)c(F)c2)n1C. The second-order valence-corrected chi connectivity index (χ2v) is 12.4. The summed E-state index contributed by atoms with van der Waals surface area (Å²) in [7, 11) is 5.96. The quantitative estimate of drug-likeness (QED) is 0.230. The maximum atomic E-state index is 13.7. The van der Waals surface area contributed by atoms with Gasteiger partial charge in [0.1, 0.15) is 5.56 Å². The second kappa shape index (κ2) is 14.3. The van der Waals surface area contributed by atoms with Crippen LogP contribution >= 0.6 is 0 Å². The molecule has 2 aromatic heterocycles. The van der Waals surface area contributed by atoms with Gasteiger partial charge < -0.3 is 20.4 Å². The number of piperidine rings is 1. The molecule has 0 unspecified atom stereocenters. The van der Waals surface area contributed by atoms with Crippen molar-refractivity contribution in [1.29, 1.82) is 0 Å². The Hall–Kier alpha value is -5.54. The lowest BCUT2D eigenvalue weighted by Crippen LogP contribution is -2.41. The number of aromatic nitrogens is 4. The fourth-order valence-corrected chi connectivity index (χ4v) is 6.05. The van der Waals surface area contributed by atoms with Crippen LogP contribution in [0.25, 0.3) is 10.9 Å². The number of fused-ring (bicyclic) bond motifs is 1. The topological polar surface area (TPSA) is 100 Å². The standard InChI is InChI=1S/C37H38F2N8O2/c1-24-34(36(49)47(46(24)4)23-26-7-13-31(38)32(39)21-26)35(48)40-17-5-6-25-8-14-33-27(20-25)22-41-37(43-33)42-28-9-11-29(12-10-28)45(3)30-15-18-44(2)19-16-30/h7-14,20-22,30H,15-19,23H2,1-4H3,(H,40,48)(H,41,42,43). The number of hydrogen-bond acceptors (Lipinski definition) is 7. The lowest BCUT2D eigenvalue weighted by atomic mass is 10.0. The minimum Gasteiger partial charge on any atom is -0.372 e. The van der Waals surface area contributed by atoms with Crippen LogP contribution < -0.4 is 21.1 Å². The molecule has 0 aliphatic carbocycles. The van der Waals surface area contributed by atoms with Crippen LogP contribution in [0, 0.1) is 30.4 Å². The van der Waals surface area contributed by atoms with E-state index < -0.39 is 23.1 Å². The van der Waals surface area contributed by atoms with Crippen LogP contribution in [0.2, 0.25) is 0 Å². The van der Waals surface area contributed by atoms with Gasteiger partial charge in [-0.1, -0.05) is 17.9 Å². The Bertz CT molecular complexity index is 2120. The third kappa shape index (κ3) is 7.47. The van der Waals surface area contributed by atoms with Gasteiger partial charge >= 0.3 is 0 Å². The first-order valence-corrected chi connectivity index (χ1v) is 16.1. The molecule has 5 aromatic rings. The highest BCUT2D eigenvalue weighted by molar-refractivity contribution is 5.95. The van der Waals surface area contributed by atoms with Gasteiger partial charge in [0.25, 0.3) is 11.5 Å². The molecule has 6 rings (SSSR count). The Balaban J connectivity index is 1.05. The normalized spacial score (nSPS) is 13.6. The van der Waals surface area contributed by atoms with Crippen molar-refractivity contribution >= 4 is 34.1 Å². The van der Waals surface area contributed by atoms with Crippen molar-refractivity contribution in [3.63, 3.8) is 0 Å². The lowest BCUT2D eigenvalue weighted by Gasteiger charge is -2.36. The predicted octanol–water partition coefficient (Wildman–Crippen LogP) is 4.82. The van der Waals surface area contributed by atoms with E-state index in [1.54, 1.807) is 20.2 Å². The Kier molecular flexibility index (Phi) is 9.73. The zero-order valence-electron chi connectivity index (χ0n) is 27.9. The van der Waals surface area contributed by atoms with Crippen LogP contribution in [0.15, 0.2) is 71.7 Å². The van der Waals surface area contributed by atoms with Gasteiger partial charge in [-0.05, 0) is 100 Å². The molecule has 0 saturated carbocycles.